The van der Waals surface area contributed by atoms with E-state index in [1.807, 2.05) is 6.92 Å². The Bertz CT molecular complexity index is 413. The van der Waals surface area contributed by atoms with Crippen LogP contribution in [0.15, 0.2) is 24.8 Å². The number of benzene rings is 1. The number of aryl methyl sites for hydroxylation is 1. The Balaban J connectivity index is 3.25. The second-order valence-corrected chi connectivity index (χ2v) is 3.50. The minimum absolute atomic E-state index is 0.0240. The first-order valence-electron chi connectivity index (χ1n) is 5.13. The van der Waals surface area contributed by atoms with Crippen molar-refractivity contribution in [2.24, 2.45) is 0 Å². The van der Waals surface area contributed by atoms with E-state index in [1.165, 1.54) is 12.1 Å². The molecule has 0 atom stereocenters. The molecule has 0 fully saturated rings. The fraction of sp³-hybridized carbons (Fsp3) is 0.333. The smallest absolute Gasteiger partial charge is 0.420 e. The molecule has 0 bridgehead atoms. The van der Waals surface area contributed by atoms with Gasteiger partial charge < -0.3 is 10.5 Å². The van der Waals surface area contributed by atoms with E-state index in [0.29, 0.717) is 12.0 Å². The minimum Gasteiger partial charge on any atom is -0.489 e. The highest BCUT2D eigenvalue weighted by atomic mass is 19.4. The van der Waals surface area contributed by atoms with Crippen molar-refractivity contribution in [2.75, 3.05) is 12.3 Å². The molecule has 0 aliphatic rings. The van der Waals surface area contributed by atoms with Gasteiger partial charge in [0.15, 0.2) is 0 Å². The monoisotopic (exact) mass is 245 g/mol. The lowest BCUT2D eigenvalue weighted by Gasteiger charge is -2.16. The largest absolute Gasteiger partial charge is 0.489 e. The van der Waals surface area contributed by atoms with Crippen molar-refractivity contribution in [3.05, 3.63) is 35.9 Å². The average Bonchev–Trinajstić information content (AvgIpc) is 2.25. The van der Waals surface area contributed by atoms with Gasteiger partial charge in [0, 0.05) is 5.69 Å². The van der Waals surface area contributed by atoms with Crippen LogP contribution < -0.4 is 10.5 Å². The fourth-order valence-electron chi connectivity index (χ4n) is 1.43. The lowest BCUT2D eigenvalue weighted by atomic mass is 10.1. The number of hydrogen-bond acceptors (Lipinski definition) is 2. The predicted octanol–water partition coefficient (Wildman–Crippen LogP) is 3.41. The summed E-state index contributed by atoms with van der Waals surface area (Å²) in [4.78, 5) is 0. The molecule has 0 unspecified atom stereocenters. The van der Waals surface area contributed by atoms with Crippen LogP contribution in [0.5, 0.6) is 5.75 Å². The van der Waals surface area contributed by atoms with Gasteiger partial charge in [0.1, 0.15) is 12.4 Å². The molecule has 17 heavy (non-hydrogen) atoms. The molecule has 0 saturated carbocycles. The van der Waals surface area contributed by atoms with E-state index >= 15 is 0 Å². The molecular formula is C12H14F3NO. The van der Waals surface area contributed by atoms with Gasteiger partial charge in [-0.1, -0.05) is 19.6 Å². The van der Waals surface area contributed by atoms with E-state index in [1.54, 1.807) is 0 Å². The summed E-state index contributed by atoms with van der Waals surface area (Å²) in [6, 6.07) is 2.25. The second kappa shape index (κ2) is 5.12. The van der Waals surface area contributed by atoms with Gasteiger partial charge >= 0.3 is 6.18 Å². The van der Waals surface area contributed by atoms with E-state index in [0.717, 1.165) is 6.07 Å². The summed E-state index contributed by atoms with van der Waals surface area (Å²) in [6.45, 7) is 5.24. The average molecular weight is 245 g/mol. The Morgan fingerprint density at radius 1 is 1.41 bits per heavy atom. The molecule has 1 rings (SSSR count). The van der Waals surface area contributed by atoms with E-state index < -0.39 is 11.7 Å². The van der Waals surface area contributed by atoms with Crippen molar-refractivity contribution in [1.82, 2.24) is 0 Å². The molecule has 94 valence electrons. The van der Waals surface area contributed by atoms with Crippen molar-refractivity contribution >= 4 is 5.69 Å². The van der Waals surface area contributed by atoms with Crippen LogP contribution in [0.1, 0.15) is 18.1 Å². The van der Waals surface area contributed by atoms with E-state index in [9.17, 15) is 13.2 Å². The normalized spacial score (nSPS) is 11.3. The maximum absolute atomic E-state index is 12.7. The highest BCUT2D eigenvalue weighted by Gasteiger charge is 2.35. The number of halogens is 3. The number of anilines is 1. The maximum atomic E-state index is 12.7. The first-order valence-corrected chi connectivity index (χ1v) is 5.13. The van der Waals surface area contributed by atoms with Crippen LogP contribution in [0, 0.1) is 0 Å². The molecule has 2 nitrogen and oxygen atoms in total. The summed E-state index contributed by atoms with van der Waals surface area (Å²) in [7, 11) is 0. The molecular weight excluding hydrogens is 231 g/mol. The van der Waals surface area contributed by atoms with Crippen LogP contribution >= 0.6 is 0 Å². The van der Waals surface area contributed by atoms with E-state index in [-0.39, 0.29) is 18.0 Å². The minimum atomic E-state index is -4.48. The molecule has 5 heteroatoms. The van der Waals surface area contributed by atoms with Gasteiger partial charge in [0.05, 0.1) is 5.56 Å². The van der Waals surface area contributed by atoms with E-state index in [4.69, 9.17) is 10.5 Å². The van der Waals surface area contributed by atoms with Crippen LogP contribution in [-0.2, 0) is 12.6 Å². The number of nitrogen functional groups attached to an aromatic ring is 1. The number of alkyl halides is 3. The van der Waals surface area contributed by atoms with Crippen molar-refractivity contribution in [2.45, 2.75) is 19.5 Å². The van der Waals surface area contributed by atoms with E-state index in [2.05, 4.69) is 6.58 Å². The lowest BCUT2D eigenvalue weighted by Crippen LogP contribution is -2.10. The van der Waals surface area contributed by atoms with Gasteiger partial charge in [-0.25, -0.2) is 0 Å². The van der Waals surface area contributed by atoms with Crippen molar-refractivity contribution in [3.8, 4) is 5.75 Å². The second-order valence-electron chi connectivity index (χ2n) is 3.50. The third-order valence-corrected chi connectivity index (χ3v) is 2.28. The first-order chi connectivity index (χ1) is 7.90. The van der Waals surface area contributed by atoms with Crippen molar-refractivity contribution in [1.29, 1.82) is 0 Å². The molecule has 0 heterocycles. The summed E-state index contributed by atoms with van der Waals surface area (Å²) in [6.07, 6.45) is -2.53. The van der Waals surface area contributed by atoms with Crippen molar-refractivity contribution in [3.63, 3.8) is 0 Å². The zero-order valence-corrected chi connectivity index (χ0v) is 9.47. The number of hydrogen-bond donors (Lipinski definition) is 1. The Morgan fingerprint density at radius 2 is 2.06 bits per heavy atom. The Morgan fingerprint density at radius 3 is 2.53 bits per heavy atom. The third kappa shape index (κ3) is 3.15. The molecule has 0 aliphatic carbocycles. The standard InChI is InChI=1S/C12H14F3NO/c1-3-5-17-11-6-8(4-2)10(16)7-9(11)12(13,14)15/h3,6-7H,1,4-5,16H2,2H3. The molecule has 0 aromatic heterocycles. The molecule has 0 spiro atoms. The summed E-state index contributed by atoms with van der Waals surface area (Å²) >= 11 is 0. The Hall–Kier alpha value is -1.65. The number of ether oxygens (including phenoxy) is 1. The highest BCUT2D eigenvalue weighted by molar-refractivity contribution is 5.55. The van der Waals surface area contributed by atoms with Crippen LogP contribution in [-0.4, -0.2) is 6.61 Å². The topological polar surface area (TPSA) is 35.2 Å². The summed E-state index contributed by atoms with van der Waals surface area (Å²) < 4.78 is 43.2. The zero-order valence-electron chi connectivity index (χ0n) is 9.47. The predicted molar refractivity (Wildman–Crippen MR) is 60.9 cm³/mol. The SMILES string of the molecule is C=CCOc1cc(CC)c(N)cc1C(F)(F)F. The van der Waals surface area contributed by atoms with Gasteiger partial charge in [-0.15, -0.1) is 0 Å². The summed E-state index contributed by atoms with van der Waals surface area (Å²) in [5.41, 5.74) is 5.46. The third-order valence-electron chi connectivity index (χ3n) is 2.28. The first kappa shape index (κ1) is 13.4. The zero-order chi connectivity index (χ0) is 13.1. The highest BCUT2D eigenvalue weighted by Crippen LogP contribution is 2.38. The Labute approximate surface area is 97.9 Å². The maximum Gasteiger partial charge on any atom is 0.420 e. The van der Waals surface area contributed by atoms with Gasteiger partial charge in [-0.2, -0.15) is 13.2 Å². The van der Waals surface area contributed by atoms with Gasteiger partial charge in [0.25, 0.3) is 0 Å². The molecule has 0 aliphatic heterocycles. The van der Waals surface area contributed by atoms with Gasteiger partial charge in [0.2, 0.25) is 0 Å². The van der Waals surface area contributed by atoms with Crippen molar-refractivity contribution < 1.29 is 17.9 Å². The van der Waals surface area contributed by atoms with Gasteiger partial charge in [-0.05, 0) is 24.1 Å². The number of rotatable bonds is 4. The van der Waals surface area contributed by atoms with Gasteiger partial charge in [-0.3, -0.25) is 0 Å². The fourth-order valence-corrected chi connectivity index (χ4v) is 1.43. The molecule has 0 radical (unpaired) electrons. The van der Waals surface area contributed by atoms with Crippen LogP contribution in [0.25, 0.3) is 0 Å². The van der Waals surface area contributed by atoms with Crippen LogP contribution in [0.3, 0.4) is 0 Å². The lowest BCUT2D eigenvalue weighted by molar-refractivity contribution is -0.138. The summed E-state index contributed by atoms with van der Waals surface area (Å²) in [5, 5.41) is 0. The van der Waals surface area contributed by atoms with Crippen LogP contribution in [0.4, 0.5) is 18.9 Å². The molecule has 2 N–H and O–H groups in total. The molecule has 1 aromatic carbocycles. The molecule has 0 amide bonds. The summed E-state index contributed by atoms with van der Waals surface area (Å²) in [5.74, 6) is -0.205. The number of nitrogens with two attached hydrogens (primary N) is 1. The Kier molecular flexibility index (Phi) is 4.04. The van der Waals surface area contributed by atoms with Crippen LogP contribution in [0.2, 0.25) is 0 Å². The molecule has 1 aromatic rings. The molecule has 0 saturated heterocycles. The quantitative estimate of drug-likeness (QED) is 0.651.